The summed E-state index contributed by atoms with van der Waals surface area (Å²) in [6.45, 7) is 4.27. The van der Waals surface area contributed by atoms with Crippen molar-refractivity contribution in [2.45, 2.75) is 13.1 Å². The normalized spacial score (nSPS) is 14.4. The van der Waals surface area contributed by atoms with Crippen molar-refractivity contribution < 1.29 is 4.92 Å². The van der Waals surface area contributed by atoms with Crippen molar-refractivity contribution in [1.29, 1.82) is 0 Å². The predicted molar refractivity (Wildman–Crippen MR) is 124 cm³/mol. The van der Waals surface area contributed by atoms with Crippen molar-refractivity contribution in [2.75, 3.05) is 36.4 Å². The Labute approximate surface area is 189 Å². The van der Waals surface area contributed by atoms with Gasteiger partial charge in [-0.25, -0.2) is 9.97 Å². The van der Waals surface area contributed by atoms with Crippen LogP contribution in [-0.4, -0.2) is 46.0 Å². The lowest BCUT2D eigenvalue weighted by molar-refractivity contribution is -0.383. The Balaban J connectivity index is 1.46. The van der Waals surface area contributed by atoms with Gasteiger partial charge in [0, 0.05) is 43.7 Å². The quantitative estimate of drug-likeness (QED) is 0.400. The Morgan fingerprint density at radius 2 is 1.71 bits per heavy atom. The summed E-state index contributed by atoms with van der Waals surface area (Å²) >= 11 is 3.50. The van der Waals surface area contributed by atoms with Gasteiger partial charge in [0.1, 0.15) is 6.33 Å². The lowest BCUT2D eigenvalue weighted by atomic mass is 10.2. The number of hydrogen-bond acceptors (Lipinski definition) is 7. The molecule has 0 aliphatic carbocycles. The number of aromatic nitrogens is 2. The molecule has 0 spiro atoms. The lowest BCUT2D eigenvalue weighted by Gasteiger charge is -2.35. The predicted octanol–water partition coefficient (Wildman–Crippen LogP) is 4.08. The molecule has 4 rings (SSSR count). The summed E-state index contributed by atoms with van der Waals surface area (Å²) in [5, 5.41) is 15.0. The molecular formula is C22H23BrN6O2. The molecule has 1 N–H and O–H groups in total. The molecule has 2 heterocycles. The molecule has 9 heteroatoms. The molecule has 31 heavy (non-hydrogen) atoms. The van der Waals surface area contributed by atoms with Crippen molar-refractivity contribution in [2.24, 2.45) is 0 Å². The molecular weight excluding hydrogens is 460 g/mol. The molecule has 1 aliphatic rings. The Morgan fingerprint density at radius 3 is 2.42 bits per heavy atom. The molecule has 0 amide bonds. The van der Waals surface area contributed by atoms with E-state index in [0.29, 0.717) is 25.5 Å². The third-order valence-electron chi connectivity index (χ3n) is 5.31. The number of nitrogens with one attached hydrogen (secondary N) is 1. The topological polar surface area (TPSA) is 87.4 Å². The van der Waals surface area contributed by atoms with Gasteiger partial charge in [-0.1, -0.05) is 64.5 Å². The molecule has 3 aromatic rings. The number of rotatable bonds is 7. The van der Waals surface area contributed by atoms with Gasteiger partial charge < -0.3 is 10.2 Å². The van der Waals surface area contributed by atoms with Crippen LogP contribution < -0.4 is 10.2 Å². The van der Waals surface area contributed by atoms with Gasteiger partial charge in [-0.15, -0.1) is 0 Å². The highest BCUT2D eigenvalue weighted by Crippen LogP contribution is 2.33. The van der Waals surface area contributed by atoms with Crippen LogP contribution in [0.2, 0.25) is 0 Å². The Bertz CT molecular complexity index is 1040. The van der Waals surface area contributed by atoms with Crippen molar-refractivity contribution >= 4 is 33.3 Å². The number of nitrogens with zero attached hydrogens (tertiary/aromatic N) is 5. The van der Waals surface area contributed by atoms with Gasteiger partial charge in [0.25, 0.3) is 0 Å². The monoisotopic (exact) mass is 482 g/mol. The molecule has 1 aromatic heterocycles. The van der Waals surface area contributed by atoms with Crippen LogP contribution in [0.4, 0.5) is 17.3 Å². The van der Waals surface area contributed by atoms with Gasteiger partial charge in [0.2, 0.25) is 11.6 Å². The van der Waals surface area contributed by atoms with E-state index in [2.05, 4.69) is 48.2 Å². The maximum atomic E-state index is 11.9. The van der Waals surface area contributed by atoms with Crippen LogP contribution in [0.5, 0.6) is 0 Å². The molecule has 1 saturated heterocycles. The number of benzene rings is 2. The van der Waals surface area contributed by atoms with Crippen LogP contribution in [0.25, 0.3) is 0 Å². The van der Waals surface area contributed by atoms with E-state index in [-0.39, 0.29) is 11.5 Å². The second-order valence-corrected chi connectivity index (χ2v) is 8.20. The fourth-order valence-corrected chi connectivity index (χ4v) is 4.10. The number of nitro groups is 1. The van der Waals surface area contributed by atoms with E-state index in [1.54, 1.807) is 0 Å². The highest BCUT2D eigenvalue weighted by molar-refractivity contribution is 9.10. The fraction of sp³-hybridized carbons (Fsp3) is 0.273. The second kappa shape index (κ2) is 9.84. The minimum Gasteiger partial charge on any atom is -0.360 e. The summed E-state index contributed by atoms with van der Waals surface area (Å²) in [5.74, 6) is 0.603. The number of anilines is 2. The van der Waals surface area contributed by atoms with Crippen molar-refractivity contribution in [3.8, 4) is 0 Å². The highest BCUT2D eigenvalue weighted by Gasteiger charge is 2.29. The smallest absolute Gasteiger partial charge is 0.353 e. The molecule has 1 fully saturated rings. The Hall–Kier alpha value is -3.04. The molecule has 8 nitrogen and oxygen atoms in total. The standard InChI is InChI=1S/C22H23BrN6O2/c23-19-9-5-4-8-18(19)14-24-21-20(29(30)31)22(26-16-25-21)28-12-10-27(11-13-28)15-17-6-2-1-3-7-17/h1-9,16H,10-15H2,(H,24,25,26). The summed E-state index contributed by atoms with van der Waals surface area (Å²) in [6, 6.07) is 18.1. The van der Waals surface area contributed by atoms with E-state index < -0.39 is 4.92 Å². The average Bonchev–Trinajstić information content (AvgIpc) is 2.79. The fourth-order valence-electron chi connectivity index (χ4n) is 3.68. The van der Waals surface area contributed by atoms with Gasteiger partial charge in [0.05, 0.1) is 4.92 Å². The molecule has 160 valence electrons. The molecule has 2 aromatic carbocycles. The van der Waals surface area contributed by atoms with E-state index in [9.17, 15) is 10.1 Å². The second-order valence-electron chi connectivity index (χ2n) is 7.35. The summed E-state index contributed by atoms with van der Waals surface area (Å²) < 4.78 is 0.939. The first-order valence-corrected chi connectivity index (χ1v) is 10.9. The van der Waals surface area contributed by atoms with Crippen molar-refractivity contribution in [1.82, 2.24) is 14.9 Å². The third-order valence-corrected chi connectivity index (χ3v) is 6.08. The summed E-state index contributed by atoms with van der Waals surface area (Å²) in [6.07, 6.45) is 1.39. The van der Waals surface area contributed by atoms with Crippen molar-refractivity contribution in [3.63, 3.8) is 0 Å². The summed E-state index contributed by atoms with van der Waals surface area (Å²) in [7, 11) is 0. The summed E-state index contributed by atoms with van der Waals surface area (Å²) in [4.78, 5) is 24.3. The molecule has 0 bridgehead atoms. The first kappa shape index (κ1) is 21.2. The van der Waals surface area contributed by atoms with Gasteiger partial charge >= 0.3 is 5.69 Å². The van der Waals surface area contributed by atoms with Gasteiger partial charge in [-0.05, 0) is 17.2 Å². The first-order chi connectivity index (χ1) is 15.1. The van der Waals surface area contributed by atoms with E-state index in [1.807, 2.05) is 47.4 Å². The molecule has 0 radical (unpaired) electrons. The zero-order valence-electron chi connectivity index (χ0n) is 16.9. The van der Waals surface area contributed by atoms with E-state index in [0.717, 1.165) is 29.7 Å². The third kappa shape index (κ3) is 5.18. The molecule has 0 unspecified atom stereocenters. The minimum atomic E-state index is -0.395. The summed E-state index contributed by atoms with van der Waals surface area (Å²) in [5.41, 5.74) is 2.18. The lowest BCUT2D eigenvalue weighted by Crippen LogP contribution is -2.46. The SMILES string of the molecule is O=[N+]([O-])c1c(NCc2ccccc2Br)ncnc1N1CCN(Cc2ccccc2)CC1. The Morgan fingerprint density at radius 1 is 1.00 bits per heavy atom. The van der Waals surface area contributed by atoms with Crippen LogP contribution >= 0.6 is 15.9 Å². The zero-order chi connectivity index (χ0) is 21.6. The minimum absolute atomic E-state index is 0.0777. The highest BCUT2D eigenvalue weighted by atomic mass is 79.9. The largest absolute Gasteiger partial charge is 0.360 e. The Kier molecular flexibility index (Phi) is 6.73. The number of piperazine rings is 1. The van der Waals surface area contributed by atoms with E-state index in [1.165, 1.54) is 11.9 Å². The van der Waals surface area contributed by atoms with Crippen LogP contribution in [0.3, 0.4) is 0 Å². The van der Waals surface area contributed by atoms with Crippen LogP contribution in [-0.2, 0) is 13.1 Å². The van der Waals surface area contributed by atoms with Gasteiger partial charge in [-0.3, -0.25) is 15.0 Å². The number of hydrogen-bond donors (Lipinski definition) is 1. The van der Waals surface area contributed by atoms with Gasteiger partial charge in [0.15, 0.2) is 0 Å². The van der Waals surface area contributed by atoms with Crippen LogP contribution in [0.15, 0.2) is 65.4 Å². The molecule has 0 atom stereocenters. The van der Waals surface area contributed by atoms with Gasteiger partial charge in [-0.2, -0.15) is 0 Å². The maximum Gasteiger partial charge on any atom is 0.353 e. The van der Waals surface area contributed by atoms with Crippen LogP contribution in [0, 0.1) is 10.1 Å². The van der Waals surface area contributed by atoms with E-state index >= 15 is 0 Å². The average molecular weight is 483 g/mol. The van der Waals surface area contributed by atoms with Crippen LogP contribution in [0.1, 0.15) is 11.1 Å². The zero-order valence-corrected chi connectivity index (χ0v) is 18.5. The first-order valence-electron chi connectivity index (χ1n) is 10.1. The molecule has 1 aliphatic heterocycles. The number of halogens is 1. The van der Waals surface area contributed by atoms with E-state index in [4.69, 9.17) is 0 Å². The molecule has 0 saturated carbocycles. The maximum absolute atomic E-state index is 11.9. The van der Waals surface area contributed by atoms with Crippen molar-refractivity contribution in [3.05, 3.63) is 86.6 Å².